The predicted molar refractivity (Wildman–Crippen MR) is 53.3 cm³/mol. The molecule has 0 atom stereocenters. The van der Waals surface area contributed by atoms with Gasteiger partial charge in [0.15, 0.2) is 6.61 Å². The van der Waals surface area contributed by atoms with Crippen LogP contribution in [0.1, 0.15) is 0 Å². The van der Waals surface area contributed by atoms with E-state index in [1.165, 1.54) is 18.2 Å². The highest BCUT2D eigenvalue weighted by Crippen LogP contribution is 2.25. The molecule has 0 radical (unpaired) electrons. The highest BCUT2D eigenvalue weighted by molar-refractivity contribution is 9.10. The lowest BCUT2D eigenvalue weighted by molar-refractivity contribution is -0.152. The Morgan fingerprint density at radius 3 is 2.31 bits per heavy atom. The van der Waals surface area contributed by atoms with E-state index in [1.807, 2.05) is 0 Å². The summed E-state index contributed by atoms with van der Waals surface area (Å²) in [4.78, 5) is -0.334. The molecule has 0 amide bonds. The lowest BCUT2D eigenvalue weighted by atomic mass is 10.4. The van der Waals surface area contributed by atoms with Crippen molar-refractivity contribution in [3.8, 4) is 0 Å². The van der Waals surface area contributed by atoms with Gasteiger partial charge in [-0.2, -0.15) is 21.6 Å². The Bertz CT molecular complexity index is 470. The average Bonchev–Trinajstić information content (AvgIpc) is 2.14. The fourth-order valence-corrected chi connectivity index (χ4v) is 2.70. The third-order valence-corrected chi connectivity index (χ3v) is 3.76. The molecule has 0 bridgehead atoms. The van der Waals surface area contributed by atoms with Crippen LogP contribution < -0.4 is 0 Å². The molecule has 90 valence electrons. The second-order valence-electron chi connectivity index (χ2n) is 2.76. The number of hydrogen-bond acceptors (Lipinski definition) is 3. The standard InChI is InChI=1S/C8H6BrF3O3S/c9-6-3-1-2-4-7(6)16(13,14)15-5-8(10,11)12/h1-4H,5H2. The number of hydrogen-bond donors (Lipinski definition) is 0. The molecule has 0 spiro atoms. The Hall–Kier alpha value is -0.600. The third-order valence-electron chi connectivity index (χ3n) is 1.48. The van der Waals surface area contributed by atoms with Crippen molar-refractivity contribution >= 4 is 26.0 Å². The van der Waals surface area contributed by atoms with Crippen LogP contribution in [0.2, 0.25) is 0 Å². The molecular weight excluding hydrogens is 313 g/mol. The summed E-state index contributed by atoms with van der Waals surface area (Å²) in [7, 11) is -4.39. The second-order valence-corrected chi connectivity index (χ2v) is 5.20. The van der Waals surface area contributed by atoms with Crippen LogP contribution in [0.3, 0.4) is 0 Å². The third kappa shape index (κ3) is 3.76. The van der Waals surface area contributed by atoms with Gasteiger partial charge in [-0.15, -0.1) is 0 Å². The van der Waals surface area contributed by atoms with E-state index >= 15 is 0 Å². The van der Waals surface area contributed by atoms with Crippen LogP contribution >= 0.6 is 15.9 Å². The maximum absolute atomic E-state index is 11.8. The summed E-state index contributed by atoms with van der Waals surface area (Å²) in [6.07, 6.45) is -4.69. The molecule has 1 rings (SSSR count). The maximum Gasteiger partial charge on any atom is 0.413 e. The summed E-state index contributed by atoms with van der Waals surface area (Å²) in [5.41, 5.74) is 0. The summed E-state index contributed by atoms with van der Waals surface area (Å²) < 4.78 is 62.1. The predicted octanol–water partition coefficient (Wildman–Crippen LogP) is 2.72. The molecule has 0 saturated heterocycles. The molecule has 3 nitrogen and oxygen atoms in total. The first-order valence-electron chi connectivity index (χ1n) is 3.93. The van der Waals surface area contributed by atoms with Crippen LogP contribution in [0, 0.1) is 0 Å². The first-order chi connectivity index (χ1) is 7.22. The van der Waals surface area contributed by atoms with Crippen molar-refractivity contribution in [3.63, 3.8) is 0 Å². The minimum atomic E-state index is -4.69. The van der Waals surface area contributed by atoms with Gasteiger partial charge in [-0.25, -0.2) is 0 Å². The Labute approximate surface area is 98.5 Å². The van der Waals surface area contributed by atoms with E-state index in [4.69, 9.17) is 0 Å². The summed E-state index contributed by atoms with van der Waals surface area (Å²) >= 11 is 2.91. The molecule has 1 aromatic rings. The van der Waals surface area contributed by atoms with E-state index in [0.29, 0.717) is 0 Å². The van der Waals surface area contributed by atoms with Crippen LogP contribution in [0.15, 0.2) is 33.6 Å². The van der Waals surface area contributed by atoms with E-state index in [2.05, 4.69) is 20.1 Å². The van der Waals surface area contributed by atoms with E-state index in [9.17, 15) is 21.6 Å². The van der Waals surface area contributed by atoms with Crippen molar-refractivity contribution < 1.29 is 25.8 Å². The maximum atomic E-state index is 11.8. The number of halogens is 4. The van der Waals surface area contributed by atoms with Gasteiger partial charge in [0.1, 0.15) is 4.90 Å². The van der Waals surface area contributed by atoms with E-state index in [-0.39, 0.29) is 9.37 Å². The van der Waals surface area contributed by atoms with E-state index < -0.39 is 22.9 Å². The Kier molecular flexibility index (Phi) is 3.97. The van der Waals surface area contributed by atoms with Gasteiger partial charge in [-0.1, -0.05) is 12.1 Å². The van der Waals surface area contributed by atoms with Crippen molar-refractivity contribution in [3.05, 3.63) is 28.7 Å². The minimum Gasteiger partial charge on any atom is -0.257 e. The monoisotopic (exact) mass is 318 g/mol. The van der Waals surface area contributed by atoms with E-state index in [0.717, 1.165) is 6.07 Å². The van der Waals surface area contributed by atoms with Gasteiger partial charge in [-0.05, 0) is 28.1 Å². The van der Waals surface area contributed by atoms with Crippen molar-refractivity contribution in [2.75, 3.05) is 6.61 Å². The Morgan fingerprint density at radius 1 is 1.25 bits per heavy atom. The van der Waals surface area contributed by atoms with Crippen molar-refractivity contribution in [2.24, 2.45) is 0 Å². The van der Waals surface area contributed by atoms with Crippen LogP contribution in [-0.2, 0) is 14.3 Å². The van der Waals surface area contributed by atoms with Crippen molar-refractivity contribution in [1.29, 1.82) is 0 Å². The van der Waals surface area contributed by atoms with Crippen molar-refractivity contribution in [2.45, 2.75) is 11.1 Å². The fourth-order valence-electron chi connectivity index (χ4n) is 0.855. The zero-order valence-corrected chi connectivity index (χ0v) is 10.1. The molecule has 0 aliphatic carbocycles. The van der Waals surface area contributed by atoms with Gasteiger partial charge in [-0.3, -0.25) is 4.18 Å². The first kappa shape index (κ1) is 13.5. The molecule has 0 unspecified atom stereocenters. The number of rotatable bonds is 3. The largest absolute Gasteiger partial charge is 0.413 e. The Balaban J connectivity index is 2.92. The molecule has 0 saturated carbocycles. The lowest BCUT2D eigenvalue weighted by Gasteiger charge is -2.09. The molecule has 0 aliphatic heterocycles. The summed E-state index contributed by atoms with van der Waals surface area (Å²) in [6, 6.07) is 5.46. The van der Waals surface area contributed by atoms with Gasteiger partial charge in [0, 0.05) is 4.47 Å². The van der Waals surface area contributed by atoms with Gasteiger partial charge >= 0.3 is 6.18 Å². The van der Waals surface area contributed by atoms with Gasteiger partial charge in [0.2, 0.25) is 0 Å². The molecule has 0 aromatic heterocycles. The topological polar surface area (TPSA) is 43.4 Å². The zero-order valence-electron chi connectivity index (χ0n) is 7.66. The summed E-state index contributed by atoms with van der Waals surface area (Å²) in [6.45, 7) is -1.84. The SMILES string of the molecule is O=S(=O)(OCC(F)(F)F)c1ccccc1Br. The molecule has 0 N–H and O–H groups in total. The molecule has 16 heavy (non-hydrogen) atoms. The molecule has 0 fully saturated rings. The zero-order chi connectivity index (χ0) is 12.4. The Morgan fingerprint density at radius 2 is 1.81 bits per heavy atom. The van der Waals surface area contributed by atoms with Crippen LogP contribution in [0.4, 0.5) is 13.2 Å². The first-order valence-corrected chi connectivity index (χ1v) is 6.13. The highest BCUT2D eigenvalue weighted by Gasteiger charge is 2.32. The summed E-state index contributed by atoms with van der Waals surface area (Å²) in [5.74, 6) is 0. The summed E-state index contributed by atoms with van der Waals surface area (Å²) in [5, 5.41) is 0. The number of benzene rings is 1. The number of alkyl halides is 3. The lowest BCUT2D eigenvalue weighted by Crippen LogP contribution is -2.20. The van der Waals surface area contributed by atoms with Gasteiger partial charge < -0.3 is 0 Å². The molecule has 0 heterocycles. The van der Waals surface area contributed by atoms with Gasteiger partial charge in [0.05, 0.1) is 0 Å². The quantitative estimate of drug-likeness (QED) is 0.805. The second kappa shape index (κ2) is 4.72. The average molecular weight is 319 g/mol. The van der Waals surface area contributed by atoms with Crippen LogP contribution in [0.25, 0.3) is 0 Å². The molecule has 8 heteroatoms. The molecule has 1 aromatic carbocycles. The normalized spacial score (nSPS) is 12.8. The van der Waals surface area contributed by atoms with Crippen molar-refractivity contribution in [1.82, 2.24) is 0 Å². The molecular formula is C8H6BrF3O3S. The fraction of sp³-hybridized carbons (Fsp3) is 0.250. The van der Waals surface area contributed by atoms with Crippen LogP contribution in [0.5, 0.6) is 0 Å². The highest BCUT2D eigenvalue weighted by atomic mass is 79.9. The minimum absolute atomic E-state index is 0.150. The van der Waals surface area contributed by atoms with Crippen LogP contribution in [-0.4, -0.2) is 21.2 Å². The smallest absolute Gasteiger partial charge is 0.257 e. The molecule has 0 aliphatic rings. The van der Waals surface area contributed by atoms with Gasteiger partial charge in [0.25, 0.3) is 10.1 Å². The van der Waals surface area contributed by atoms with E-state index in [1.54, 1.807) is 0 Å².